The van der Waals surface area contributed by atoms with Crippen molar-refractivity contribution >= 4 is 5.91 Å². The van der Waals surface area contributed by atoms with Gasteiger partial charge in [0, 0.05) is 32.0 Å². The molecule has 0 radical (unpaired) electrons. The Balaban J connectivity index is 1.81. The van der Waals surface area contributed by atoms with Crippen molar-refractivity contribution in [3.63, 3.8) is 0 Å². The molecule has 7 heteroatoms. The Morgan fingerprint density at radius 2 is 2.00 bits per heavy atom. The molecule has 1 saturated heterocycles. The lowest BCUT2D eigenvalue weighted by molar-refractivity contribution is -0.128. The largest absolute Gasteiger partial charge is 0.336 e. The van der Waals surface area contributed by atoms with Gasteiger partial charge < -0.3 is 4.90 Å². The highest BCUT2D eigenvalue weighted by atomic mass is 19.2. The third-order valence-electron chi connectivity index (χ3n) is 4.13. The second-order valence-corrected chi connectivity index (χ2v) is 5.87. The zero-order chi connectivity index (χ0) is 16.7. The molecule has 0 spiro atoms. The number of rotatable bonds is 3. The third kappa shape index (κ3) is 2.95. The van der Waals surface area contributed by atoms with E-state index in [0.29, 0.717) is 12.6 Å². The molecule has 1 amide bonds. The molecule has 1 aromatic heterocycles. The number of halogens is 3. The summed E-state index contributed by atoms with van der Waals surface area (Å²) in [5.74, 6) is -3.87. The molecule has 1 aliphatic rings. The summed E-state index contributed by atoms with van der Waals surface area (Å²) in [6.45, 7) is 2.41. The highest BCUT2D eigenvalue weighted by Gasteiger charge is 2.33. The molecular weight excluding hydrogens is 307 g/mol. The monoisotopic (exact) mass is 323 g/mol. The fourth-order valence-electron chi connectivity index (χ4n) is 3.01. The van der Waals surface area contributed by atoms with E-state index in [4.69, 9.17) is 0 Å². The first-order chi connectivity index (χ1) is 10.8. The Morgan fingerprint density at radius 1 is 1.26 bits per heavy atom. The van der Waals surface area contributed by atoms with Crippen LogP contribution in [0.3, 0.4) is 0 Å². The van der Waals surface area contributed by atoms with Crippen molar-refractivity contribution in [1.82, 2.24) is 14.7 Å². The first-order valence-electron chi connectivity index (χ1n) is 7.27. The van der Waals surface area contributed by atoms with Crippen molar-refractivity contribution in [3.8, 4) is 0 Å². The standard InChI is InChI=1S/C16H16F3N3O/c1-9-3-12(21(2)20-9)8-22-7-10(4-15(22)23)13-5-11(17)6-14(18)16(13)19/h3,5-6,10H,4,7-8H2,1-2H3. The summed E-state index contributed by atoms with van der Waals surface area (Å²) in [6, 6.07) is 3.34. The van der Waals surface area contributed by atoms with Gasteiger partial charge in [0.1, 0.15) is 5.82 Å². The Morgan fingerprint density at radius 3 is 2.65 bits per heavy atom. The lowest BCUT2D eigenvalue weighted by Gasteiger charge is -2.17. The van der Waals surface area contributed by atoms with Crippen molar-refractivity contribution in [2.75, 3.05) is 6.54 Å². The number of carbonyl (C=O) groups excluding carboxylic acids is 1. The smallest absolute Gasteiger partial charge is 0.223 e. The first-order valence-corrected chi connectivity index (χ1v) is 7.27. The van der Waals surface area contributed by atoms with Crippen LogP contribution in [0.5, 0.6) is 0 Å². The quantitative estimate of drug-likeness (QED) is 0.815. The Labute approximate surface area is 131 Å². The number of hydrogen-bond donors (Lipinski definition) is 0. The Hall–Kier alpha value is -2.31. The van der Waals surface area contributed by atoms with E-state index in [2.05, 4.69) is 5.10 Å². The highest BCUT2D eigenvalue weighted by molar-refractivity contribution is 5.79. The van der Waals surface area contributed by atoms with Crippen LogP contribution >= 0.6 is 0 Å². The minimum Gasteiger partial charge on any atom is -0.336 e. The third-order valence-corrected chi connectivity index (χ3v) is 4.13. The molecule has 0 saturated carbocycles. The minimum atomic E-state index is -1.23. The van der Waals surface area contributed by atoms with Crippen molar-refractivity contribution in [2.24, 2.45) is 7.05 Å². The van der Waals surface area contributed by atoms with Gasteiger partial charge in [-0.2, -0.15) is 5.10 Å². The maximum Gasteiger partial charge on any atom is 0.223 e. The number of aryl methyl sites for hydroxylation is 2. The number of aromatic nitrogens is 2. The lowest BCUT2D eigenvalue weighted by Crippen LogP contribution is -2.25. The van der Waals surface area contributed by atoms with Crippen molar-refractivity contribution in [3.05, 3.63) is 52.6 Å². The molecule has 4 nitrogen and oxygen atoms in total. The summed E-state index contributed by atoms with van der Waals surface area (Å²) in [5, 5.41) is 4.21. The van der Waals surface area contributed by atoms with Gasteiger partial charge in [-0.05, 0) is 24.6 Å². The fraction of sp³-hybridized carbons (Fsp3) is 0.375. The molecule has 0 N–H and O–H groups in total. The molecule has 1 aliphatic heterocycles. The van der Waals surface area contributed by atoms with Gasteiger partial charge in [-0.15, -0.1) is 0 Å². The molecule has 0 aliphatic carbocycles. The molecular formula is C16H16F3N3O. The highest BCUT2D eigenvalue weighted by Crippen LogP contribution is 2.32. The van der Waals surface area contributed by atoms with Crippen molar-refractivity contribution in [2.45, 2.75) is 25.8 Å². The van der Waals surface area contributed by atoms with Crippen molar-refractivity contribution < 1.29 is 18.0 Å². The van der Waals surface area contributed by atoms with Crippen LogP contribution in [-0.4, -0.2) is 27.1 Å². The van der Waals surface area contributed by atoms with Crippen LogP contribution in [0.25, 0.3) is 0 Å². The van der Waals surface area contributed by atoms with Gasteiger partial charge in [-0.3, -0.25) is 9.48 Å². The van der Waals surface area contributed by atoms with Gasteiger partial charge in [0.25, 0.3) is 0 Å². The maximum atomic E-state index is 13.9. The van der Waals surface area contributed by atoms with Gasteiger partial charge in [-0.25, -0.2) is 13.2 Å². The molecule has 1 unspecified atom stereocenters. The Bertz CT molecular complexity index is 772. The normalized spacial score (nSPS) is 18.0. The molecule has 3 rings (SSSR count). The molecule has 1 fully saturated rings. The van der Waals surface area contributed by atoms with Gasteiger partial charge in [-0.1, -0.05) is 0 Å². The van der Waals surface area contributed by atoms with Crippen LogP contribution in [0.15, 0.2) is 18.2 Å². The van der Waals surface area contributed by atoms with E-state index in [1.54, 1.807) is 16.6 Å². The molecule has 23 heavy (non-hydrogen) atoms. The van der Waals surface area contributed by atoms with E-state index in [0.717, 1.165) is 17.5 Å². The second kappa shape index (κ2) is 5.72. The predicted octanol–water partition coefficient (Wildman–Crippen LogP) is 2.66. The second-order valence-electron chi connectivity index (χ2n) is 5.87. The van der Waals surface area contributed by atoms with Crippen LogP contribution in [-0.2, 0) is 18.4 Å². The molecule has 0 bridgehead atoms. The van der Waals surface area contributed by atoms with Crippen LogP contribution in [0.2, 0.25) is 0 Å². The SMILES string of the molecule is Cc1cc(CN2CC(c3cc(F)cc(F)c3F)CC2=O)n(C)n1. The number of benzene rings is 1. The van der Waals surface area contributed by atoms with Gasteiger partial charge in [0.05, 0.1) is 17.9 Å². The van der Waals surface area contributed by atoms with Gasteiger partial charge in [0.2, 0.25) is 5.91 Å². The summed E-state index contributed by atoms with van der Waals surface area (Å²) in [4.78, 5) is 13.7. The molecule has 2 heterocycles. The van der Waals surface area contributed by atoms with Crippen LogP contribution in [0.1, 0.15) is 29.3 Å². The molecule has 1 aromatic carbocycles. The van der Waals surface area contributed by atoms with E-state index in [1.165, 1.54) is 0 Å². The number of amides is 1. The Kier molecular flexibility index (Phi) is 3.87. The molecule has 1 atom stereocenters. The number of carbonyl (C=O) groups is 1. The zero-order valence-electron chi connectivity index (χ0n) is 12.8. The average molecular weight is 323 g/mol. The number of hydrogen-bond acceptors (Lipinski definition) is 2. The first kappa shape index (κ1) is 15.6. The zero-order valence-corrected chi connectivity index (χ0v) is 12.8. The van der Waals surface area contributed by atoms with Crippen LogP contribution in [0.4, 0.5) is 13.2 Å². The summed E-state index contributed by atoms with van der Waals surface area (Å²) in [7, 11) is 1.78. The van der Waals surface area contributed by atoms with E-state index < -0.39 is 23.4 Å². The average Bonchev–Trinajstić information content (AvgIpc) is 2.98. The number of likely N-dealkylation sites (tertiary alicyclic amines) is 1. The van der Waals surface area contributed by atoms with E-state index in [1.807, 2.05) is 13.0 Å². The number of nitrogens with zero attached hydrogens (tertiary/aromatic N) is 3. The summed E-state index contributed by atoms with van der Waals surface area (Å²) >= 11 is 0. The fourth-order valence-corrected chi connectivity index (χ4v) is 3.01. The topological polar surface area (TPSA) is 38.1 Å². The van der Waals surface area contributed by atoms with Crippen LogP contribution < -0.4 is 0 Å². The van der Waals surface area contributed by atoms with E-state index in [-0.39, 0.29) is 24.4 Å². The van der Waals surface area contributed by atoms with Gasteiger partial charge >= 0.3 is 0 Å². The lowest BCUT2D eigenvalue weighted by atomic mass is 9.97. The summed E-state index contributed by atoms with van der Waals surface area (Å²) in [6.07, 6.45) is 0.0383. The molecule has 122 valence electrons. The molecule has 2 aromatic rings. The summed E-state index contributed by atoms with van der Waals surface area (Å²) in [5.41, 5.74) is 1.60. The maximum absolute atomic E-state index is 13.9. The van der Waals surface area contributed by atoms with Crippen LogP contribution in [0, 0.1) is 24.4 Å². The predicted molar refractivity (Wildman–Crippen MR) is 77.0 cm³/mol. The van der Waals surface area contributed by atoms with E-state index >= 15 is 0 Å². The van der Waals surface area contributed by atoms with Crippen molar-refractivity contribution in [1.29, 1.82) is 0 Å². The van der Waals surface area contributed by atoms with Gasteiger partial charge in [0.15, 0.2) is 11.6 Å². The van der Waals surface area contributed by atoms with E-state index in [9.17, 15) is 18.0 Å². The minimum absolute atomic E-state index is 0.0383. The summed E-state index contributed by atoms with van der Waals surface area (Å²) < 4.78 is 42.3.